The molecular formula is C16H28N4O. The maximum absolute atomic E-state index is 5.99. The van der Waals surface area contributed by atoms with Gasteiger partial charge in [-0.2, -0.15) is 4.98 Å². The first-order valence-electron chi connectivity index (χ1n) is 7.87. The Hall–Kier alpha value is -1.36. The zero-order valence-electron chi connectivity index (χ0n) is 13.8. The lowest BCUT2D eigenvalue weighted by molar-refractivity contribution is 0.179. The fourth-order valence-corrected chi connectivity index (χ4v) is 2.44. The van der Waals surface area contributed by atoms with Gasteiger partial charge in [0.25, 0.3) is 0 Å². The van der Waals surface area contributed by atoms with Gasteiger partial charge in [-0.25, -0.2) is 4.98 Å². The van der Waals surface area contributed by atoms with Crippen molar-refractivity contribution in [1.29, 1.82) is 0 Å². The summed E-state index contributed by atoms with van der Waals surface area (Å²) in [6.07, 6.45) is 3.95. The van der Waals surface area contributed by atoms with E-state index >= 15 is 0 Å². The van der Waals surface area contributed by atoms with Crippen LogP contribution in [0.25, 0.3) is 0 Å². The number of anilines is 1. The minimum atomic E-state index is -0.132. The molecule has 1 aliphatic heterocycles. The van der Waals surface area contributed by atoms with Gasteiger partial charge in [0.1, 0.15) is 18.2 Å². The fourth-order valence-electron chi connectivity index (χ4n) is 2.44. The molecule has 0 saturated carbocycles. The topological polar surface area (TPSA) is 64.3 Å². The van der Waals surface area contributed by atoms with Crippen LogP contribution in [0.2, 0.25) is 0 Å². The molecule has 1 aromatic rings. The second-order valence-corrected chi connectivity index (χ2v) is 6.86. The number of nitrogen functional groups attached to an aromatic ring is 1. The highest BCUT2D eigenvalue weighted by Gasteiger charge is 2.21. The van der Waals surface area contributed by atoms with Crippen molar-refractivity contribution in [2.75, 3.05) is 32.0 Å². The van der Waals surface area contributed by atoms with Crippen LogP contribution in [0.4, 0.5) is 5.82 Å². The predicted molar refractivity (Wildman–Crippen MR) is 85.7 cm³/mol. The molecular weight excluding hydrogens is 264 g/mol. The van der Waals surface area contributed by atoms with Crippen molar-refractivity contribution < 1.29 is 4.74 Å². The van der Waals surface area contributed by atoms with Crippen LogP contribution in [0.1, 0.15) is 51.4 Å². The Morgan fingerprint density at radius 3 is 2.43 bits per heavy atom. The van der Waals surface area contributed by atoms with Crippen molar-refractivity contribution >= 4 is 5.82 Å². The summed E-state index contributed by atoms with van der Waals surface area (Å²) in [7, 11) is 0. The van der Waals surface area contributed by atoms with Crippen LogP contribution in [-0.2, 0) is 5.41 Å². The first-order valence-corrected chi connectivity index (χ1v) is 7.87. The van der Waals surface area contributed by atoms with Crippen molar-refractivity contribution in [3.05, 3.63) is 11.4 Å². The number of nitrogens with zero attached hydrogens (tertiary/aromatic N) is 3. The summed E-state index contributed by atoms with van der Waals surface area (Å²) in [6, 6.07) is 0. The molecule has 1 fully saturated rings. The molecule has 2 rings (SSSR count). The van der Waals surface area contributed by atoms with Crippen LogP contribution in [0.3, 0.4) is 0 Å². The summed E-state index contributed by atoms with van der Waals surface area (Å²) in [6.45, 7) is 12.1. The lowest BCUT2D eigenvalue weighted by atomic mass is 9.95. The number of hydrogen-bond donors (Lipinski definition) is 1. The maximum atomic E-state index is 5.99. The number of rotatable bonds is 4. The molecule has 0 amide bonds. The molecule has 0 spiro atoms. The van der Waals surface area contributed by atoms with Gasteiger partial charge in [-0.1, -0.05) is 27.2 Å². The maximum Gasteiger partial charge on any atom is 0.221 e. The largest absolute Gasteiger partial charge is 0.476 e. The second kappa shape index (κ2) is 6.60. The SMILES string of the molecule is Cc1c(N)nc(C(C)(C)C)nc1OCCN1CCCCC1. The Morgan fingerprint density at radius 2 is 1.81 bits per heavy atom. The van der Waals surface area contributed by atoms with Gasteiger partial charge in [0.05, 0.1) is 5.56 Å². The van der Waals surface area contributed by atoms with E-state index in [1.165, 1.54) is 32.4 Å². The van der Waals surface area contributed by atoms with Crippen molar-refractivity contribution in [2.24, 2.45) is 0 Å². The standard InChI is InChI=1S/C16H28N4O/c1-12-13(17)18-15(16(2,3)4)19-14(12)21-11-10-20-8-6-5-7-9-20/h5-11H2,1-4H3,(H2,17,18,19). The van der Waals surface area contributed by atoms with Crippen molar-refractivity contribution in [3.63, 3.8) is 0 Å². The van der Waals surface area contributed by atoms with Crippen LogP contribution >= 0.6 is 0 Å². The minimum Gasteiger partial charge on any atom is -0.476 e. The third kappa shape index (κ3) is 4.30. The monoisotopic (exact) mass is 292 g/mol. The van der Waals surface area contributed by atoms with Gasteiger partial charge in [-0.3, -0.25) is 4.90 Å². The summed E-state index contributed by atoms with van der Waals surface area (Å²) in [5, 5.41) is 0. The highest BCUT2D eigenvalue weighted by molar-refractivity contribution is 5.45. The van der Waals surface area contributed by atoms with E-state index in [4.69, 9.17) is 10.5 Å². The smallest absolute Gasteiger partial charge is 0.221 e. The molecule has 0 aliphatic carbocycles. The molecule has 0 radical (unpaired) electrons. The average molecular weight is 292 g/mol. The fraction of sp³-hybridized carbons (Fsp3) is 0.750. The van der Waals surface area contributed by atoms with E-state index in [2.05, 4.69) is 35.6 Å². The van der Waals surface area contributed by atoms with Gasteiger partial charge in [-0.05, 0) is 32.9 Å². The van der Waals surface area contributed by atoms with Gasteiger partial charge >= 0.3 is 0 Å². The summed E-state index contributed by atoms with van der Waals surface area (Å²) in [4.78, 5) is 11.4. The Labute approximate surface area is 127 Å². The van der Waals surface area contributed by atoms with E-state index in [0.29, 0.717) is 18.3 Å². The normalized spacial score (nSPS) is 17.0. The molecule has 1 saturated heterocycles. The van der Waals surface area contributed by atoms with Crippen LogP contribution in [-0.4, -0.2) is 41.1 Å². The highest BCUT2D eigenvalue weighted by atomic mass is 16.5. The van der Waals surface area contributed by atoms with Gasteiger partial charge in [0.15, 0.2) is 0 Å². The number of nitrogens with two attached hydrogens (primary N) is 1. The minimum absolute atomic E-state index is 0.132. The molecule has 5 heteroatoms. The van der Waals surface area contributed by atoms with E-state index in [-0.39, 0.29) is 5.41 Å². The van der Waals surface area contributed by atoms with Gasteiger partial charge < -0.3 is 10.5 Å². The first kappa shape index (κ1) is 16.0. The van der Waals surface area contributed by atoms with Crippen molar-refractivity contribution in [3.8, 4) is 5.88 Å². The van der Waals surface area contributed by atoms with Crippen LogP contribution in [0.15, 0.2) is 0 Å². The number of aromatic nitrogens is 2. The van der Waals surface area contributed by atoms with Crippen LogP contribution in [0, 0.1) is 6.92 Å². The third-order valence-electron chi connectivity index (χ3n) is 3.90. The first-order chi connectivity index (χ1) is 9.88. The van der Waals surface area contributed by atoms with Crippen LogP contribution < -0.4 is 10.5 Å². The second-order valence-electron chi connectivity index (χ2n) is 6.86. The zero-order chi connectivity index (χ0) is 15.5. The van der Waals surface area contributed by atoms with Gasteiger partial charge in [0, 0.05) is 12.0 Å². The van der Waals surface area contributed by atoms with Crippen molar-refractivity contribution in [2.45, 2.75) is 52.4 Å². The molecule has 0 unspecified atom stereocenters. The molecule has 118 valence electrons. The number of hydrogen-bond acceptors (Lipinski definition) is 5. The van der Waals surface area contributed by atoms with Crippen LogP contribution in [0.5, 0.6) is 5.88 Å². The average Bonchev–Trinajstić information content (AvgIpc) is 2.43. The lowest BCUT2D eigenvalue weighted by Crippen LogP contribution is -2.33. The molecule has 1 aliphatic rings. The number of likely N-dealkylation sites (tertiary alicyclic amines) is 1. The summed E-state index contributed by atoms with van der Waals surface area (Å²) < 4.78 is 5.88. The summed E-state index contributed by atoms with van der Waals surface area (Å²) in [5.74, 6) is 1.88. The molecule has 21 heavy (non-hydrogen) atoms. The Kier molecular flexibility index (Phi) is 5.04. The molecule has 2 N–H and O–H groups in total. The summed E-state index contributed by atoms with van der Waals surface area (Å²) >= 11 is 0. The number of ether oxygens (including phenoxy) is 1. The molecule has 0 aromatic carbocycles. The molecule has 0 atom stereocenters. The number of piperidine rings is 1. The predicted octanol–water partition coefficient (Wildman–Crippen LogP) is 2.53. The third-order valence-corrected chi connectivity index (χ3v) is 3.90. The Bertz CT molecular complexity index is 476. The summed E-state index contributed by atoms with van der Waals surface area (Å²) in [5.41, 5.74) is 6.69. The quantitative estimate of drug-likeness (QED) is 0.924. The van der Waals surface area contributed by atoms with E-state index in [1.54, 1.807) is 0 Å². The molecule has 1 aromatic heterocycles. The molecule has 0 bridgehead atoms. The Balaban J connectivity index is 2.00. The van der Waals surface area contributed by atoms with Gasteiger partial charge in [-0.15, -0.1) is 0 Å². The zero-order valence-corrected chi connectivity index (χ0v) is 13.8. The molecule has 5 nitrogen and oxygen atoms in total. The van der Waals surface area contributed by atoms with E-state index in [9.17, 15) is 0 Å². The highest BCUT2D eigenvalue weighted by Crippen LogP contribution is 2.26. The van der Waals surface area contributed by atoms with E-state index < -0.39 is 0 Å². The Morgan fingerprint density at radius 1 is 1.14 bits per heavy atom. The lowest BCUT2D eigenvalue weighted by Gasteiger charge is -2.26. The van der Waals surface area contributed by atoms with E-state index in [0.717, 1.165) is 17.9 Å². The van der Waals surface area contributed by atoms with Crippen molar-refractivity contribution in [1.82, 2.24) is 14.9 Å². The van der Waals surface area contributed by atoms with Gasteiger partial charge in [0.2, 0.25) is 5.88 Å². The van der Waals surface area contributed by atoms with E-state index in [1.807, 2.05) is 6.92 Å². The molecule has 2 heterocycles.